The van der Waals surface area contributed by atoms with Gasteiger partial charge in [0.1, 0.15) is 6.42 Å². The Balaban J connectivity index is 3.96. The number of carbonyl (C=O) groups is 2. The molecule has 0 saturated carbocycles. The Hall–Kier alpha value is -1.21. The molecule has 0 N–H and O–H groups in total. The van der Waals surface area contributed by atoms with Crippen LogP contribution in [0, 0.1) is 0 Å². The number of rotatable bonds is 2. The second-order valence-electron chi connectivity index (χ2n) is 1.89. The lowest BCUT2D eigenvalue weighted by Crippen LogP contribution is -2.23. The van der Waals surface area contributed by atoms with Gasteiger partial charge >= 0.3 is 24.5 Å². The van der Waals surface area contributed by atoms with Crippen LogP contribution in [0.5, 0.6) is 0 Å². The van der Waals surface area contributed by atoms with Crippen molar-refractivity contribution in [3.63, 3.8) is 0 Å². The molecular weight excluding hydrogens is 203 g/mol. The lowest BCUT2D eigenvalue weighted by Gasteiger charge is -2.04. The highest BCUT2D eigenvalue weighted by molar-refractivity contribution is 5.87. The number of alkyl halides is 5. The molecule has 13 heavy (non-hydrogen) atoms. The SMILES string of the molecule is O=C(CC(F)(F)F)OC(=O)C(F)F. The Morgan fingerprint density at radius 1 is 1.23 bits per heavy atom. The molecule has 0 atom stereocenters. The highest BCUT2D eigenvalue weighted by Crippen LogP contribution is 2.20. The summed E-state index contributed by atoms with van der Waals surface area (Å²) in [4.78, 5) is 20.0. The van der Waals surface area contributed by atoms with E-state index in [-0.39, 0.29) is 0 Å². The number of ether oxygens (including phenoxy) is 1. The zero-order chi connectivity index (χ0) is 10.6. The first-order valence-corrected chi connectivity index (χ1v) is 2.82. The maximum absolute atomic E-state index is 11.4. The summed E-state index contributed by atoms with van der Waals surface area (Å²) in [6, 6.07) is 0. The summed E-state index contributed by atoms with van der Waals surface area (Å²) in [7, 11) is 0. The summed E-state index contributed by atoms with van der Waals surface area (Å²) in [5.41, 5.74) is 0. The van der Waals surface area contributed by atoms with Crippen molar-refractivity contribution < 1.29 is 36.3 Å². The van der Waals surface area contributed by atoms with E-state index in [2.05, 4.69) is 4.74 Å². The third-order valence-electron chi connectivity index (χ3n) is 0.737. The monoisotopic (exact) mass is 206 g/mol. The topological polar surface area (TPSA) is 43.4 Å². The van der Waals surface area contributed by atoms with Crippen molar-refractivity contribution in [3.8, 4) is 0 Å². The number of halogens is 5. The first-order valence-electron chi connectivity index (χ1n) is 2.82. The zero-order valence-electron chi connectivity index (χ0n) is 5.90. The lowest BCUT2D eigenvalue weighted by molar-refractivity contribution is -0.181. The van der Waals surface area contributed by atoms with Crippen LogP contribution < -0.4 is 0 Å². The minimum Gasteiger partial charge on any atom is -0.389 e. The van der Waals surface area contributed by atoms with Crippen molar-refractivity contribution in [3.05, 3.63) is 0 Å². The lowest BCUT2D eigenvalue weighted by atomic mass is 10.4. The van der Waals surface area contributed by atoms with E-state index in [1.165, 1.54) is 0 Å². The molecule has 0 amide bonds. The van der Waals surface area contributed by atoms with E-state index in [0.717, 1.165) is 0 Å². The number of hydrogen-bond donors (Lipinski definition) is 0. The van der Waals surface area contributed by atoms with Crippen LogP contribution in [0.2, 0.25) is 0 Å². The summed E-state index contributed by atoms with van der Waals surface area (Å²) in [6.45, 7) is 0. The van der Waals surface area contributed by atoms with Gasteiger partial charge in [-0.15, -0.1) is 0 Å². The van der Waals surface area contributed by atoms with Gasteiger partial charge in [-0.25, -0.2) is 4.79 Å². The van der Waals surface area contributed by atoms with Crippen molar-refractivity contribution in [2.75, 3.05) is 0 Å². The van der Waals surface area contributed by atoms with E-state index < -0.39 is 31.0 Å². The number of carbonyl (C=O) groups excluding carboxylic acids is 2. The van der Waals surface area contributed by atoms with Crippen molar-refractivity contribution in [2.24, 2.45) is 0 Å². The van der Waals surface area contributed by atoms with Crippen LogP contribution in [0.25, 0.3) is 0 Å². The third kappa shape index (κ3) is 6.00. The van der Waals surface area contributed by atoms with Crippen LogP contribution in [0.1, 0.15) is 6.42 Å². The van der Waals surface area contributed by atoms with Gasteiger partial charge in [0.25, 0.3) is 0 Å². The smallest absolute Gasteiger partial charge is 0.389 e. The van der Waals surface area contributed by atoms with Crippen LogP contribution in [0.3, 0.4) is 0 Å². The maximum atomic E-state index is 11.4. The quantitative estimate of drug-likeness (QED) is 0.388. The summed E-state index contributed by atoms with van der Waals surface area (Å²) in [5.74, 6) is -4.33. The molecule has 0 bridgehead atoms. The molecule has 0 aliphatic carbocycles. The molecule has 0 unspecified atom stereocenters. The largest absolute Gasteiger partial charge is 0.399 e. The van der Waals surface area contributed by atoms with Gasteiger partial charge in [-0.2, -0.15) is 22.0 Å². The molecule has 0 fully saturated rings. The Kier molecular flexibility index (Phi) is 3.76. The predicted octanol–water partition coefficient (Wildman–Crippen LogP) is 1.27. The molecular formula is C5H3F5O3. The summed E-state index contributed by atoms with van der Waals surface area (Å²) >= 11 is 0. The predicted molar refractivity (Wildman–Crippen MR) is 27.8 cm³/mol. The van der Waals surface area contributed by atoms with E-state index in [0.29, 0.717) is 0 Å². The molecule has 0 aromatic rings. The van der Waals surface area contributed by atoms with Gasteiger partial charge in [0, 0.05) is 0 Å². The summed E-state index contributed by atoms with van der Waals surface area (Å²) in [5, 5.41) is 0. The Morgan fingerprint density at radius 3 is 2.00 bits per heavy atom. The minimum atomic E-state index is -4.88. The Labute approximate surface area is 68.5 Å². The fraction of sp³-hybridized carbons (Fsp3) is 0.600. The van der Waals surface area contributed by atoms with Gasteiger partial charge in [-0.05, 0) is 0 Å². The molecule has 0 radical (unpaired) electrons. The average Bonchev–Trinajstić information content (AvgIpc) is 1.81. The molecule has 0 heterocycles. The fourth-order valence-electron chi connectivity index (χ4n) is 0.356. The normalized spacial score (nSPS) is 11.5. The van der Waals surface area contributed by atoms with E-state index in [1.807, 2.05) is 0 Å². The Morgan fingerprint density at radius 2 is 1.69 bits per heavy atom. The molecule has 3 nitrogen and oxygen atoms in total. The van der Waals surface area contributed by atoms with Crippen LogP contribution in [0.4, 0.5) is 22.0 Å². The zero-order valence-corrected chi connectivity index (χ0v) is 5.90. The van der Waals surface area contributed by atoms with Crippen molar-refractivity contribution in [1.82, 2.24) is 0 Å². The second-order valence-corrected chi connectivity index (χ2v) is 1.89. The number of esters is 2. The highest BCUT2D eigenvalue weighted by Gasteiger charge is 2.34. The van der Waals surface area contributed by atoms with Gasteiger partial charge in [-0.3, -0.25) is 4.79 Å². The molecule has 0 saturated heterocycles. The average molecular weight is 206 g/mol. The summed E-state index contributed by atoms with van der Waals surface area (Å²) < 4.78 is 59.8. The van der Waals surface area contributed by atoms with Crippen molar-refractivity contribution in [2.45, 2.75) is 19.0 Å². The molecule has 0 aromatic heterocycles. The third-order valence-corrected chi connectivity index (χ3v) is 0.737. The van der Waals surface area contributed by atoms with E-state index in [9.17, 15) is 31.5 Å². The molecule has 76 valence electrons. The van der Waals surface area contributed by atoms with Gasteiger partial charge < -0.3 is 4.74 Å². The summed E-state index contributed by atoms with van der Waals surface area (Å²) in [6.07, 6.45) is -10.6. The first kappa shape index (κ1) is 11.8. The van der Waals surface area contributed by atoms with Crippen LogP contribution >= 0.6 is 0 Å². The van der Waals surface area contributed by atoms with Gasteiger partial charge in [-0.1, -0.05) is 0 Å². The Bertz CT molecular complexity index is 209. The molecule has 0 rings (SSSR count). The highest BCUT2D eigenvalue weighted by atomic mass is 19.4. The number of hydrogen-bond acceptors (Lipinski definition) is 3. The van der Waals surface area contributed by atoms with Crippen LogP contribution in [-0.4, -0.2) is 24.5 Å². The van der Waals surface area contributed by atoms with E-state index in [4.69, 9.17) is 0 Å². The minimum absolute atomic E-state index is 2.04. The fourth-order valence-corrected chi connectivity index (χ4v) is 0.356. The molecule has 0 aliphatic rings. The van der Waals surface area contributed by atoms with Gasteiger partial charge in [0.15, 0.2) is 0 Å². The molecule has 0 aromatic carbocycles. The van der Waals surface area contributed by atoms with Crippen LogP contribution in [-0.2, 0) is 14.3 Å². The first-order chi connectivity index (χ1) is 5.72. The van der Waals surface area contributed by atoms with Gasteiger partial charge in [0.2, 0.25) is 0 Å². The van der Waals surface area contributed by atoms with E-state index >= 15 is 0 Å². The second kappa shape index (κ2) is 4.15. The maximum Gasteiger partial charge on any atom is 0.399 e. The molecule has 8 heteroatoms. The van der Waals surface area contributed by atoms with E-state index in [1.54, 1.807) is 0 Å². The molecule has 0 aliphatic heterocycles. The van der Waals surface area contributed by atoms with Crippen molar-refractivity contribution in [1.29, 1.82) is 0 Å². The van der Waals surface area contributed by atoms with Crippen molar-refractivity contribution >= 4 is 11.9 Å². The standard InChI is InChI=1S/C5H3F5O3/c6-3(7)4(12)13-2(11)1-5(8,9)10/h3H,1H2. The van der Waals surface area contributed by atoms with Gasteiger partial charge in [0.05, 0.1) is 0 Å². The van der Waals surface area contributed by atoms with Crippen LogP contribution in [0.15, 0.2) is 0 Å². The molecule has 0 spiro atoms.